The molecule has 0 atom stereocenters. The molecule has 1 aromatic heterocycles. The minimum Gasteiger partial charge on any atom is -0.474 e. The summed E-state index contributed by atoms with van der Waals surface area (Å²) < 4.78 is 5.31. The number of nitrogens with two attached hydrogens (primary N) is 1. The molecule has 1 rings (SSSR count). The summed E-state index contributed by atoms with van der Waals surface area (Å²) in [6, 6.07) is 1.55. The van der Waals surface area contributed by atoms with Crippen molar-refractivity contribution in [2.24, 2.45) is 5.90 Å². The lowest BCUT2D eigenvalue weighted by molar-refractivity contribution is 0.231. The van der Waals surface area contributed by atoms with Crippen molar-refractivity contribution in [3.63, 3.8) is 0 Å². The molecule has 1 aromatic rings. The van der Waals surface area contributed by atoms with Crippen LogP contribution in [-0.4, -0.2) is 11.1 Å². The van der Waals surface area contributed by atoms with Crippen LogP contribution >= 0.6 is 11.6 Å². The van der Waals surface area contributed by atoms with Gasteiger partial charge in [0.15, 0.2) is 5.75 Å². The summed E-state index contributed by atoms with van der Waals surface area (Å²) in [6.45, 7) is 3.79. The average molecular weight is 203 g/mol. The van der Waals surface area contributed by atoms with E-state index in [9.17, 15) is 0 Å². The monoisotopic (exact) mass is 202 g/mol. The van der Waals surface area contributed by atoms with E-state index in [1.54, 1.807) is 6.07 Å². The number of rotatable bonds is 3. The van der Waals surface area contributed by atoms with Crippen LogP contribution < -0.4 is 15.5 Å². The highest BCUT2D eigenvalue weighted by Crippen LogP contribution is 2.25. The summed E-state index contributed by atoms with van der Waals surface area (Å²) in [5, 5.41) is 0.386. The first-order valence-electron chi connectivity index (χ1n) is 3.82. The molecule has 0 bridgehead atoms. The molecule has 0 aliphatic heterocycles. The van der Waals surface area contributed by atoms with Gasteiger partial charge >= 0.3 is 0 Å². The van der Waals surface area contributed by atoms with Gasteiger partial charge in [-0.3, -0.25) is 0 Å². The van der Waals surface area contributed by atoms with Crippen LogP contribution in [0.4, 0.5) is 0 Å². The van der Waals surface area contributed by atoms with Gasteiger partial charge < -0.3 is 9.57 Å². The smallest absolute Gasteiger partial charge is 0.233 e. The normalized spacial score (nSPS) is 10.2. The second kappa shape index (κ2) is 4.30. The fourth-order valence-electron chi connectivity index (χ4n) is 0.782. The van der Waals surface area contributed by atoms with Crippen molar-refractivity contribution in [1.82, 2.24) is 4.98 Å². The summed E-state index contributed by atoms with van der Waals surface area (Å²) >= 11 is 5.83. The zero-order valence-corrected chi connectivity index (χ0v) is 8.21. The Morgan fingerprint density at radius 1 is 1.54 bits per heavy atom. The Morgan fingerprint density at radius 3 is 2.69 bits per heavy atom. The molecule has 0 spiro atoms. The summed E-state index contributed by atoms with van der Waals surface area (Å²) in [5.74, 6) is 5.72. The Bertz CT molecular complexity index is 291. The van der Waals surface area contributed by atoms with Gasteiger partial charge in [0, 0.05) is 6.07 Å². The lowest BCUT2D eigenvalue weighted by Crippen LogP contribution is -2.08. The third-order valence-corrected chi connectivity index (χ3v) is 1.54. The third-order valence-electron chi connectivity index (χ3n) is 1.27. The molecule has 0 fully saturated rings. The number of hydrogen-bond acceptors (Lipinski definition) is 4. The maximum atomic E-state index is 5.83. The molecule has 0 radical (unpaired) electrons. The topological polar surface area (TPSA) is 57.4 Å². The van der Waals surface area contributed by atoms with Crippen molar-refractivity contribution < 1.29 is 9.57 Å². The number of pyridine rings is 1. The van der Waals surface area contributed by atoms with Gasteiger partial charge in [-0.2, -0.15) is 5.90 Å². The second-order valence-corrected chi connectivity index (χ2v) is 3.15. The van der Waals surface area contributed by atoms with Gasteiger partial charge in [-0.05, 0) is 13.8 Å². The molecule has 0 aliphatic rings. The lowest BCUT2D eigenvalue weighted by Gasteiger charge is -2.09. The van der Waals surface area contributed by atoms with Crippen molar-refractivity contribution in [2.45, 2.75) is 20.0 Å². The molecule has 1 heterocycles. The second-order valence-electron chi connectivity index (χ2n) is 2.74. The van der Waals surface area contributed by atoms with Crippen molar-refractivity contribution in [3.05, 3.63) is 17.3 Å². The molecule has 0 aliphatic carbocycles. The standard InChI is InChI=1S/C8H11ClN2O2/c1-5(2)12-8-7(9)3-6(13-10)4-11-8/h3-5H,10H2,1-2H3. The van der Waals surface area contributed by atoms with Gasteiger partial charge in [0.2, 0.25) is 5.88 Å². The third kappa shape index (κ3) is 2.75. The zero-order chi connectivity index (χ0) is 9.84. The first-order chi connectivity index (χ1) is 6.13. The van der Waals surface area contributed by atoms with E-state index in [1.165, 1.54) is 6.20 Å². The first kappa shape index (κ1) is 10.1. The largest absolute Gasteiger partial charge is 0.474 e. The van der Waals surface area contributed by atoms with Gasteiger partial charge in [-0.25, -0.2) is 4.98 Å². The van der Waals surface area contributed by atoms with E-state index in [-0.39, 0.29) is 6.10 Å². The first-order valence-corrected chi connectivity index (χ1v) is 4.20. The average Bonchev–Trinajstić information content (AvgIpc) is 2.08. The number of halogens is 1. The van der Waals surface area contributed by atoms with Crippen LogP contribution in [0, 0.1) is 0 Å². The van der Waals surface area contributed by atoms with E-state index in [0.717, 1.165) is 0 Å². The van der Waals surface area contributed by atoms with Crippen molar-refractivity contribution in [3.8, 4) is 11.6 Å². The SMILES string of the molecule is CC(C)Oc1ncc(ON)cc1Cl. The van der Waals surface area contributed by atoms with Crippen LogP contribution in [0.2, 0.25) is 5.02 Å². The van der Waals surface area contributed by atoms with Crippen LogP contribution in [0.25, 0.3) is 0 Å². The van der Waals surface area contributed by atoms with Crippen LogP contribution in [0.5, 0.6) is 11.6 Å². The molecule has 0 saturated heterocycles. The minimum atomic E-state index is 0.0367. The van der Waals surface area contributed by atoms with Crippen LogP contribution in [0.3, 0.4) is 0 Å². The molecule has 2 N–H and O–H groups in total. The van der Waals surface area contributed by atoms with Gasteiger partial charge in [0.1, 0.15) is 5.02 Å². The fraction of sp³-hybridized carbons (Fsp3) is 0.375. The van der Waals surface area contributed by atoms with Crippen LogP contribution in [0.1, 0.15) is 13.8 Å². The number of aromatic nitrogens is 1. The molecule has 0 saturated carbocycles. The Morgan fingerprint density at radius 2 is 2.23 bits per heavy atom. The predicted molar refractivity (Wildman–Crippen MR) is 49.8 cm³/mol. The Hall–Kier alpha value is -1.00. The summed E-state index contributed by atoms with van der Waals surface area (Å²) in [4.78, 5) is 8.38. The summed E-state index contributed by atoms with van der Waals surface area (Å²) in [6.07, 6.45) is 1.48. The molecular formula is C8H11ClN2O2. The molecule has 4 nitrogen and oxygen atoms in total. The van der Waals surface area contributed by atoms with Crippen molar-refractivity contribution >= 4 is 11.6 Å². The predicted octanol–water partition coefficient (Wildman–Crippen LogP) is 1.77. The molecule has 5 heteroatoms. The Labute approximate surface area is 81.6 Å². The molecule has 0 unspecified atom stereocenters. The van der Waals surface area contributed by atoms with E-state index in [4.69, 9.17) is 22.2 Å². The molecule has 0 aromatic carbocycles. The van der Waals surface area contributed by atoms with Gasteiger partial charge in [-0.15, -0.1) is 0 Å². The molecule has 72 valence electrons. The summed E-state index contributed by atoms with van der Waals surface area (Å²) in [7, 11) is 0. The van der Waals surface area contributed by atoms with E-state index in [1.807, 2.05) is 13.8 Å². The van der Waals surface area contributed by atoms with Gasteiger partial charge in [0.25, 0.3) is 0 Å². The fourth-order valence-corrected chi connectivity index (χ4v) is 0.983. The minimum absolute atomic E-state index is 0.0367. The van der Waals surface area contributed by atoms with E-state index in [2.05, 4.69) is 9.82 Å². The van der Waals surface area contributed by atoms with E-state index < -0.39 is 0 Å². The van der Waals surface area contributed by atoms with Crippen molar-refractivity contribution in [1.29, 1.82) is 0 Å². The van der Waals surface area contributed by atoms with E-state index in [0.29, 0.717) is 16.7 Å². The maximum absolute atomic E-state index is 5.83. The van der Waals surface area contributed by atoms with Crippen LogP contribution in [-0.2, 0) is 0 Å². The van der Waals surface area contributed by atoms with Gasteiger partial charge in [-0.1, -0.05) is 11.6 Å². The number of ether oxygens (including phenoxy) is 1. The highest BCUT2D eigenvalue weighted by atomic mass is 35.5. The van der Waals surface area contributed by atoms with E-state index >= 15 is 0 Å². The number of hydrogen-bond donors (Lipinski definition) is 1. The van der Waals surface area contributed by atoms with Crippen molar-refractivity contribution in [2.75, 3.05) is 0 Å². The Kier molecular flexibility index (Phi) is 3.33. The van der Waals surface area contributed by atoms with Crippen LogP contribution in [0.15, 0.2) is 12.3 Å². The molecular weight excluding hydrogens is 192 g/mol. The Balaban J connectivity index is 2.85. The number of nitrogens with zero attached hydrogens (tertiary/aromatic N) is 1. The maximum Gasteiger partial charge on any atom is 0.233 e. The zero-order valence-electron chi connectivity index (χ0n) is 7.45. The van der Waals surface area contributed by atoms with Gasteiger partial charge in [0.05, 0.1) is 12.3 Å². The lowest BCUT2D eigenvalue weighted by atomic mass is 10.4. The summed E-state index contributed by atoms with van der Waals surface area (Å²) in [5.41, 5.74) is 0. The molecule has 13 heavy (non-hydrogen) atoms. The highest BCUT2D eigenvalue weighted by molar-refractivity contribution is 6.31. The highest BCUT2D eigenvalue weighted by Gasteiger charge is 2.06. The quantitative estimate of drug-likeness (QED) is 0.760. The molecule has 0 amide bonds.